The zero-order chi connectivity index (χ0) is 16.5. The number of carbonyl (C=O) groups excluding carboxylic acids is 1. The van der Waals surface area contributed by atoms with Crippen LogP contribution < -0.4 is 5.32 Å². The summed E-state index contributed by atoms with van der Waals surface area (Å²) in [6.45, 7) is 4.79. The third kappa shape index (κ3) is 2.77. The van der Waals surface area contributed by atoms with Crippen LogP contribution in [0.15, 0.2) is 12.3 Å². The van der Waals surface area contributed by atoms with Gasteiger partial charge in [-0.3, -0.25) is 4.79 Å². The highest BCUT2D eigenvalue weighted by molar-refractivity contribution is 5.98. The van der Waals surface area contributed by atoms with E-state index in [-0.39, 0.29) is 12.2 Å². The Hall–Kier alpha value is -2.48. The highest BCUT2D eigenvalue weighted by Gasteiger charge is 2.35. The van der Waals surface area contributed by atoms with Crippen molar-refractivity contribution in [3.05, 3.63) is 29.2 Å². The Balaban J connectivity index is 2.37. The van der Waals surface area contributed by atoms with Crippen LogP contribution in [0.1, 0.15) is 28.7 Å². The number of carboxylic acids is 1. The molecule has 0 aliphatic carbocycles. The van der Waals surface area contributed by atoms with Crippen LogP contribution in [-0.2, 0) is 9.53 Å². The van der Waals surface area contributed by atoms with Crippen LogP contribution in [0.4, 0.5) is 0 Å². The van der Waals surface area contributed by atoms with E-state index in [2.05, 4.69) is 15.4 Å². The van der Waals surface area contributed by atoms with Gasteiger partial charge in [-0.15, -0.1) is 0 Å². The van der Waals surface area contributed by atoms with Crippen LogP contribution in [0.25, 0.3) is 5.65 Å². The number of fused-ring (bicyclic) bond motifs is 1. The Morgan fingerprint density at radius 2 is 2.14 bits per heavy atom. The quantitative estimate of drug-likeness (QED) is 0.836. The second kappa shape index (κ2) is 5.72. The number of methoxy groups -OCH3 is 1. The molecule has 118 valence electrons. The standard InChI is InChI=1S/C14H18N4O4/c1-8-5-11-15-6-10(9(2)18(11)17-8)12(19)16-14(3,7-22-4)13(20)21/h5-6H,7H2,1-4H3,(H,16,19)(H,20,21). The molecule has 2 N–H and O–H groups in total. The van der Waals surface area contributed by atoms with Crippen LogP contribution >= 0.6 is 0 Å². The maximum atomic E-state index is 12.4. The van der Waals surface area contributed by atoms with Gasteiger partial charge in [-0.25, -0.2) is 14.3 Å². The summed E-state index contributed by atoms with van der Waals surface area (Å²) in [5, 5.41) is 16.0. The molecule has 2 aromatic rings. The van der Waals surface area contributed by atoms with Crippen molar-refractivity contribution in [2.75, 3.05) is 13.7 Å². The van der Waals surface area contributed by atoms with Crippen LogP contribution in [0.2, 0.25) is 0 Å². The van der Waals surface area contributed by atoms with E-state index < -0.39 is 17.4 Å². The molecule has 0 aromatic carbocycles. The smallest absolute Gasteiger partial charge is 0.331 e. The van der Waals surface area contributed by atoms with Crippen molar-refractivity contribution in [3.63, 3.8) is 0 Å². The first-order valence-electron chi connectivity index (χ1n) is 6.65. The van der Waals surface area contributed by atoms with Crippen molar-refractivity contribution in [3.8, 4) is 0 Å². The Bertz CT molecular complexity index is 740. The summed E-state index contributed by atoms with van der Waals surface area (Å²) in [6, 6.07) is 1.79. The van der Waals surface area contributed by atoms with E-state index in [4.69, 9.17) is 4.74 Å². The van der Waals surface area contributed by atoms with Crippen LogP contribution in [0.5, 0.6) is 0 Å². The van der Waals surface area contributed by atoms with E-state index in [1.807, 2.05) is 6.92 Å². The minimum absolute atomic E-state index is 0.149. The molecule has 2 heterocycles. The van der Waals surface area contributed by atoms with Crippen LogP contribution in [0.3, 0.4) is 0 Å². The number of ether oxygens (including phenoxy) is 1. The maximum absolute atomic E-state index is 12.4. The minimum atomic E-state index is -1.52. The number of hydrogen-bond acceptors (Lipinski definition) is 5. The number of amides is 1. The number of aryl methyl sites for hydroxylation is 2. The summed E-state index contributed by atoms with van der Waals surface area (Å²) in [5.41, 5.74) is 0.736. The minimum Gasteiger partial charge on any atom is -0.479 e. The fourth-order valence-corrected chi connectivity index (χ4v) is 2.14. The van der Waals surface area contributed by atoms with Gasteiger partial charge in [0.2, 0.25) is 0 Å². The molecule has 0 saturated heterocycles. The predicted octanol–water partition coefficient (Wildman–Crippen LogP) is 0.566. The van der Waals surface area contributed by atoms with Gasteiger partial charge < -0.3 is 15.2 Å². The highest BCUT2D eigenvalue weighted by atomic mass is 16.5. The van der Waals surface area contributed by atoms with Crippen LogP contribution in [-0.4, -0.2) is 50.8 Å². The molecule has 2 rings (SSSR count). The molecule has 22 heavy (non-hydrogen) atoms. The molecule has 8 nitrogen and oxygen atoms in total. The van der Waals surface area contributed by atoms with Crippen molar-refractivity contribution < 1.29 is 19.4 Å². The van der Waals surface area contributed by atoms with E-state index in [9.17, 15) is 14.7 Å². The van der Waals surface area contributed by atoms with Gasteiger partial charge in [-0.1, -0.05) is 0 Å². The van der Waals surface area contributed by atoms with E-state index >= 15 is 0 Å². The summed E-state index contributed by atoms with van der Waals surface area (Å²) in [4.78, 5) is 27.9. The summed E-state index contributed by atoms with van der Waals surface area (Å²) >= 11 is 0. The van der Waals surface area contributed by atoms with Gasteiger partial charge in [0.1, 0.15) is 0 Å². The lowest BCUT2D eigenvalue weighted by Gasteiger charge is -2.25. The fraction of sp³-hybridized carbons (Fsp3) is 0.429. The topological polar surface area (TPSA) is 106 Å². The molecule has 0 spiro atoms. The van der Waals surface area contributed by atoms with Crippen LogP contribution in [0, 0.1) is 13.8 Å². The SMILES string of the molecule is COCC(C)(NC(=O)c1cnc2cc(C)nn2c1C)C(=O)O. The molecular formula is C14H18N4O4. The van der Waals surface area contributed by atoms with E-state index in [0.717, 1.165) is 5.69 Å². The van der Waals surface area contributed by atoms with Crippen molar-refractivity contribution in [1.29, 1.82) is 0 Å². The van der Waals surface area contributed by atoms with Gasteiger partial charge in [0.05, 0.1) is 23.6 Å². The second-order valence-electron chi connectivity index (χ2n) is 5.34. The fourth-order valence-electron chi connectivity index (χ4n) is 2.14. The molecular weight excluding hydrogens is 288 g/mol. The summed E-state index contributed by atoms with van der Waals surface area (Å²) in [6.07, 6.45) is 1.41. The lowest BCUT2D eigenvalue weighted by atomic mass is 10.0. The van der Waals surface area contributed by atoms with E-state index in [1.165, 1.54) is 20.2 Å². The first-order chi connectivity index (χ1) is 10.3. The lowest BCUT2D eigenvalue weighted by Crippen LogP contribution is -2.55. The Kier molecular flexibility index (Phi) is 4.14. The molecule has 0 bridgehead atoms. The van der Waals surface area contributed by atoms with Gasteiger partial charge in [0, 0.05) is 19.4 Å². The second-order valence-corrected chi connectivity index (χ2v) is 5.34. The highest BCUT2D eigenvalue weighted by Crippen LogP contribution is 2.13. The maximum Gasteiger partial charge on any atom is 0.331 e. The summed E-state index contributed by atoms with van der Waals surface area (Å²) in [5.74, 6) is -1.72. The van der Waals surface area contributed by atoms with E-state index in [1.54, 1.807) is 17.5 Å². The molecule has 8 heteroatoms. The van der Waals surface area contributed by atoms with Gasteiger partial charge in [0.15, 0.2) is 11.2 Å². The number of nitrogens with one attached hydrogen (secondary N) is 1. The first-order valence-corrected chi connectivity index (χ1v) is 6.65. The Labute approximate surface area is 127 Å². The molecule has 0 saturated carbocycles. The molecule has 1 amide bonds. The molecule has 2 aromatic heterocycles. The number of carbonyl (C=O) groups is 2. The third-order valence-corrected chi connectivity index (χ3v) is 3.39. The predicted molar refractivity (Wildman–Crippen MR) is 77.8 cm³/mol. The van der Waals surface area contributed by atoms with E-state index in [0.29, 0.717) is 11.3 Å². The number of aromatic nitrogens is 3. The van der Waals surface area contributed by atoms with Gasteiger partial charge in [-0.05, 0) is 20.8 Å². The molecule has 0 aliphatic heterocycles. The van der Waals surface area contributed by atoms with Gasteiger partial charge in [0.25, 0.3) is 5.91 Å². The number of nitrogens with zero attached hydrogens (tertiary/aromatic N) is 3. The van der Waals surface area contributed by atoms with Crippen molar-refractivity contribution in [1.82, 2.24) is 19.9 Å². The van der Waals surface area contributed by atoms with Crippen molar-refractivity contribution >= 4 is 17.5 Å². The van der Waals surface area contributed by atoms with Gasteiger partial charge >= 0.3 is 5.97 Å². The average Bonchev–Trinajstić information content (AvgIpc) is 2.80. The Morgan fingerprint density at radius 3 is 2.73 bits per heavy atom. The summed E-state index contributed by atoms with van der Waals surface area (Å²) < 4.78 is 6.43. The third-order valence-electron chi connectivity index (χ3n) is 3.39. The number of carboxylic acid groups (broad SMARTS) is 1. The van der Waals surface area contributed by atoms with Crippen molar-refractivity contribution in [2.24, 2.45) is 0 Å². The largest absolute Gasteiger partial charge is 0.479 e. The lowest BCUT2D eigenvalue weighted by molar-refractivity contribution is -0.145. The number of rotatable bonds is 5. The number of hydrogen-bond donors (Lipinski definition) is 2. The molecule has 0 fully saturated rings. The number of aliphatic carboxylic acids is 1. The molecule has 1 unspecified atom stereocenters. The average molecular weight is 306 g/mol. The van der Waals surface area contributed by atoms with Crippen molar-refractivity contribution in [2.45, 2.75) is 26.3 Å². The molecule has 1 atom stereocenters. The zero-order valence-electron chi connectivity index (χ0n) is 12.9. The normalized spacial score (nSPS) is 13.8. The monoisotopic (exact) mass is 306 g/mol. The summed E-state index contributed by atoms with van der Waals surface area (Å²) in [7, 11) is 1.37. The molecule has 0 radical (unpaired) electrons. The zero-order valence-corrected chi connectivity index (χ0v) is 12.9. The van der Waals surface area contributed by atoms with Gasteiger partial charge in [-0.2, -0.15) is 5.10 Å². The molecule has 0 aliphatic rings. The first kappa shape index (κ1) is 15.9. The Morgan fingerprint density at radius 1 is 1.45 bits per heavy atom.